The van der Waals surface area contributed by atoms with Crippen LogP contribution in [-0.4, -0.2) is 17.9 Å². The van der Waals surface area contributed by atoms with Crippen LogP contribution in [0.4, 0.5) is 0 Å². The molecule has 18 heavy (non-hydrogen) atoms. The molecule has 0 fully saturated rings. The minimum absolute atomic E-state index is 0.0412. The van der Waals surface area contributed by atoms with Crippen LogP contribution in [0.3, 0.4) is 0 Å². The third kappa shape index (κ3) is 2.40. The summed E-state index contributed by atoms with van der Waals surface area (Å²) in [5.41, 5.74) is 3.59. The van der Waals surface area contributed by atoms with Gasteiger partial charge < -0.3 is 4.74 Å². The van der Waals surface area contributed by atoms with Crippen LogP contribution in [0.5, 0.6) is 5.75 Å². The molecule has 3 nitrogen and oxygen atoms in total. The molecular formula is C15H15NO2. The second-order valence-corrected chi connectivity index (χ2v) is 4.22. The van der Waals surface area contributed by atoms with E-state index in [9.17, 15) is 4.79 Å². The number of ketones is 1. The second kappa shape index (κ2) is 5.00. The Hall–Kier alpha value is -2.16. The highest BCUT2D eigenvalue weighted by Gasteiger charge is 2.09. The van der Waals surface area contributed by atoms with E-state index in [0.717, 1.165) is 22.4 Å². The van der Waals surface area contributed by atoms with Gasteiger partial charge in [-0.15, -0.1) is 0 Å². The Bertz CT molecular complexity index is 591. The molecule has 0 aliphatic rings. The zero-order valence-corrected chi connectivity index (χ0v) is 10.7. The van der Waals surface area contributed by atoms with E-state index in [0.29, 0.717) is 5.56 Å². The fourth-order valence-corrected chi connectivity index (χ4v) is 1.85. The molecule has 0 unspecified atom stereocenters. The van der Waals surface area contributed by atoms with Gasteiger partial charge in [0.2, 0.25) is 0 Å². The van der Waals surface area contributed by atoms with Crippen molar-refractivity contribution >= 4 is 5.78 Å². The lowest BCUT2D eigenvalue weighted by Gasteiger charge is -2.10. The molecule has 2 rings (SSSR count). The molecule has 0 N–H and O–H groups in total. The van der Waals surface area contributed by atoms with E-state index < -0.39 is 0 Å². The van der Waals surface area contributed by atoms with Gasteiger partial charge in [-0.25, -0.2) is 0 Å². The summed E-state index contributed by atoms with van der Waals surface area (Å²) in [5, 5.41) is 0. The number of ether oxygens (including phenoxy) is 1. The van der Waals surface area contributed by atoms with Crippen molar-refractivity contribution in [3.8, 4) is 16.9 Å². The van der Waals surface area contributed by atoms with Gasteiger partial charge in [0, 0.05) is 29.1 Å². The Morgan fingerprint density at radius 3 is 2.61 bits per heavy atom. The Morgan fingerprint density at radius 2 is 2.00 bits per heavy atom. The Kier molecular flexibility index (Phi) is 3.42. The molecule has 0 atom stereocenters. The number of benzene rings is 1. The van der Waals surface area contributed by atoms with Crippen molar-refractivity contribution < 1.29 is 9.53 Å². The number of hydrogen-bond acceptors (Lipinski definition) is 3. The smallest absolute Gasteiger partial charge is 0.159 e. The molecule has 0 spiro atoms. The minimum Gasteiger partial charge on any atom is -0.496 e. The lowest BCUT2D eigenvalue weighted by molar-refractivity contribution is 0.101. The molecule has 0 aliphatic carbocycles. The van der Waals surface area contributed by atoms with Crippen LogP contribution in [-0.2, 0) is 0 Å². The molecule has 0 aliphatic heterocycles. The number of aryl methyl sites for hydroxylation is 1. The van der Waals surface area contributed by atoms with Gasteiger partial charge in [0.25, 0.3) is 0 Å². The molecule has 3 heteroatoms. The quantitative estimate of drug-likeness (QED) is 0.774. The van der Waals surface area contributed by atoms with Gasteiger partial charge >= 0.3 is 0 Å². The lowest BCUT2D eigenvalue weighted by Crippen LogP contribution is -1.95. The Morgan fingerprint density at radius 1 is 1.22 bits per heavy atom. The average Bonchev–Trinajstić information content (AvgIpc) is 2.38. The maximum atomic E-state index is 11.4. The number of pyridine rings is 1. The largest absolute Gasteiger partial charge is 0.496 e. The number of carbonyl (C=O) groups excluding carboxylic acids is 1. The molecule has 1 heterocycles. The van der Waals surface area contributed by atoms with Crippen molar-refractivity contribution in [2.75, 3.05) is 7.11 Å². The number of nitrogens with zero attached hydrogens (tertiary/aromatic N) is 1. The summed E-state index contributed by atoms with van der Waals surface area (Å²) in [5.74, 6) is 0.784. The van der Waals surface area contributed by atoms with E-state index in [1.54, 1.807) is 32.5 Å². The lowest BCUT2D eigenvalue weighted by atomic mass is 10.0. The number of carbonyl (C=O) groups is 1. The van der Waals surface area contributed by atoms with Gasteiger partial charge in [-0.3, -0.25) is 9.78 Å². The molecule has 0 amide bonds. The Balaban J connectivity index is 2.60. The summed E-state index contributed by atoms with van der Waals surface area (Å²) in [4.78, 5) is 15.6. The number of rotatable bonds is 3. The molecule has 0 bridgehead atoms. The van der Waals surface area contributed by atoms with E-state index in [2.05, 4.69) is 4.98 Å². The maximum Gasteiger partial charge on any atom is 0.159 e. The third-order valence-corrected chi connectivity index (χ3v) is 2.79. The molecule has 1 aromatic heterocycles. The van der Waals surface area contributed by atoms with E-state index in [-0.39, 0.29) is 5.78 Å². The average molecular weight is 241 g/mol. The zero-order valence-electron chi connectivity index (χ0n) is 10.7. The molecule has 0 saturated carbocycles. The van der Waals surface area contributed by atoms with Crippen LogP contribution in [0.15, 0.2) is 36.7 Å². The Labute approximate surface area is 106 Å². The van der Waals surface area contributed by atoms with Crippen molar-refractivity contribution in [3.63, 3.8) is 0 Å². The number of aromatic nitrogens is 1. The fraction of sp³-hybridized carbons (Fsp3) is 0.200. The SMILES string of the molecule is COc1ccc(C(C)=O)cc1-c1cncc(C)c1. The van der Waals surface area contributed by atoms with Crippen molar-refractivity contribution in [2.24, 2.45) is 0 Å². The topological polar surface area (TPSA) is 39.2 Å². The van der Waals surface area contributed by atoms with Crippen LogP contribution in [0.1, 0.15) is 22.8 Å². The zero-order chi connectivity index (χ0) is 13.1. The standard InChI is InChI=1S/C15H15NO2/c1-10-6-13(9-16-8-10)14-7-12(11(2)17)4-5-15(14)18-3/h4-9H,1-3H3. The van der Waals surface area contributed by atoms with Crippen LogP contribution < -0.4 is 4.74 Å². The number of Topliss-reactive ketones (excluding diaryl/α,β-unsaturated/α-hetero) is 1. The first-order valence-electron chi connectivity index (χ1n) is 5.73. The van der Waals surface area contributed by atoms with E-state index >= 15 is 0 Å². The van der Waals surface area contributed by atoms with E-state index in [1.165, 1.54) is 0 Å². The molecule has 2 aromatic rings. The van der Waals surface area contributed by atoms with Crippen LogP contribution in [0.2, 0.25) is 0 Å². The van der Waals surface area contributed by atoms with Crippen molar-refractivity contribution in [3.05, 3.63) is 47.8 Å². The van der Waals surface area contributed by atoms with Crippen molar-refractivity contribution in [1.29, 1.82) is 0 Å². The summed E-state index contributed by atoms with van der Waals surface area (Å²) in [6, 6.07) is 7.45. The summed E-state index contributed by atoms with van der Waals surface area (Å²) in [6.45, 7) is 3.54. The minimum atomic E-state index is 0.0412. The van der Waals surface area contributed by atoms with Gasteiger partial charge in [-0.2, -0.15) is 0 Å². The van der Waals surface area contributed by atoms with E-state index in [1.807, 2.05) is 25.1 Å². The fourth-order valence-electron chi connectivity index (χ4n) is 1.85. The summed E-state index contributed by atoms with van der Waals surface area (Å²) >= 11 is 0. The predicted molar refractivity (Wildman–Crippen MR) is 71.0 cm³/mol. The van der Waals surface area contributed by atoms with Crippen LogP contribution >= 0.6 is 0 Å². The van der Waals surface area contributed by atoms with Gasteiger partial charge in [0.05, 0.1) is 7.11 Å². The first-order valence-corrected chi connectivity index (χ1v) is 5.73. The molecular weight excluding hydrogens is 226 g/mol. The molecule has 1 aromatic carbocycles. The highest BCUT2D eigenvalue weighted by molar-refractivity contribution is 5.96. The van der Waals surface area contributed by atoms with Gasteiger partial charge in [0.1, 0.15) is 5.75 Å². The van der Waals surface area contributed by atoms with Gasteiger partial charge in [-0.05, 0) is 43.7 Å². The van der Waals surface area contributed by atoms with Crippen molar-refractivity contribution in [2.45, 2.75) is 13.8 Å². The summed E-state index contributed by atoms with van der Waals surface area (Å²) < 4.78 is 5.34. The van der Waals surface area contributed by atoms with Crippen LogP contribution in [0, 0.1) is 6.92 Å². The third-order valence-electron chi connectivity index (χ3n) is 2.79. The highest BCUT2D eigenvalue weighted by Crippen LogP contribution is 2.30. The number of methoxy groups -OCH3 is 1. The van der Waals surface area contributed by atoms with Gasteiger partial charge in [0.15, 0.2) is 5.78 Å². The monoisotopic (exact) mass is 241 g/mol. The number of hydrogen-bond donors (Lipinski definition) is 0. The first kappa shape index (κ1) is 12.3. The normalized spacial score (nSPS) is 10.2. The van der Waals surface area contributed by atoms with E-state index in [4.69, 9.17) is 4.74 Å². The van der Waals surface area contributed by atoms with Gasteiger partial charge in [-0.1, -0.05) is 0 Å². The maximum absolute atomic E-state index is 11.4. The predicted octanol–water partition coefficient (Wildman–Crippen LogP) is 3.27. The molecule has 0 saturated heterocycles. The van der Waals surface area contributed by atoms with Crippen LogP contribution in [0.25, 0.3) is 11.1 Å². The first-order chi connectivity index (χ1) is 8.61. The molecule has 92 valence electrons. The second-order valence-electron chi connectivity index (χ2n) is 4.22. The highest BCUT2D eigenvalue weighted by atomic mass is 16.5. The van der Waals surface area contributed by atoms with Crippen molar-refractivity contribution in [1.82, 2.24) is 4.98 Å². The summed E-state index contributed by atoms with van der Waals surface area (Å²) in [6.07, 6.45) is 3.57. The molecule has 0 radical (unpaired) electrons. The summed E-state index contributed by atoms with van der Waals surface area (Å²) in [7, 11) is 1.62.